The Bertz CT molecular complexity index is 856. The fraction of sp³-hybridized carbons (Fsp3) is 0.222. The molecular weight excluding hydrogens is 290 g/mol. The lowest BCUT2D eigenvalue weighted by Crippen LogP contribution is -2.36. The van der Waals surface area contributed by atoms with Crippen molar-refractivity contribution in [1.82, 2.24) is 14.9 Å². The van der Waals surface area contributed by atoms with Crippen molar-refractivity contribution in [1.29, 1.82) is 0 Å². The third-order valence-electron chi connectivity index (χ3n) is 4.21. The lowest BCUT2D eigenvalue weighted by molar-refractivity contribution is 0.0913. The lowest BCUT2D eigenvalue weighted by atomic mass is 10.1. The number of aromatic nitrogens is 2. The van der Waals surface area contributed by atoms with Crippen LogP contribution in [0.3, 0.4) is 0 Å². The summed E-state index contributed by atoms with van der Waals surface area (Å²) in [5.74, 6) is 0. The fourth-order valence-corrected chi connectivity index (χ4v) is 2.93. The number of amides is 1. The van der Waals surface area contributed by atoms with Gasteiger partial charge in [0.15, 0.2) is 0 Å². The number of nitrogens with one attached hydrogen (secondary N) is 1. The first-order valence-corrected chi connectivity index (χ1v) is 7.70. The number of nitrogens with zero attached hydrogens (tertiary/aromatic N) is 2. The Labute approximate surface area is 133 Å². The molecule has 0 atom stereocenters. The topological polar surface area (TPSA) is 58.2 Å². The van der Waals surface area contributed by atoms with Gasteiger partial charge in [-0.25, -0.2) is 9.78 Å². The van der Waals surface area contributed by atoms with E-state index in [0.29, 0.717) is 13.1 Å². The van der Waals surface area contributed by atoms with Gasteiger partial charge < -0.3 is 14.6 Å². The maximum absolute atomic E-state index is 12.2. The molecule has 0 saturated heterocycles. The van der Waals surface area contributed by atoms with Crippen LogP contribution < -0.4 is 0 Å². The van der Waals surface area contributed by atoms with Crippen molar-refractivity contribution < 1.29 is 9.53 Å². The molecule has 5 heteroatoms. The lowest BCUT2D eigenvalue weighted by Gasteiger charge is -2.25. The number of rotatable bonds is 2. The molecule has 2 aromatic carbocycles. The molecule has 1 aliphatic heterocycles. The van der Waals surface area contributed by atoms with E-state index in [1.165, 1.54) is 5.39 Å². The fourth-order valence-electron chi connectivity index (χ4n) is 2.93. The van der Waals surface area contributed by atoms with Crippen LogP contribution in [0.4, 0.5) is 4.79 Å². The first-order chi connectivity index (χ1) is 11.3. The predicted molar refractivity (Wildman–Crippen MR) is 86.8 cm³/mol. The van der Waals surface area contributed by atoms with E-state index in [-0.39, 0.29) is 12.7 Å². The largest absolute Gasteiger partial charge is 0.445 e. The number of fused-ring (bicyclic) bond motifs is 2. The van der Waals surface area contributed by atoms with Crippen molar-refractivity contribution >= 4 is 16.9 Å². The molecule has 0 spiro atoms. The summed E-state index contributed by atoms with van der Waals surface area (Å²) in [7, 11) is 0. The highest BCUT2D eigenvalue weighted by Gasteiger charge is 2.23. The quantitative estimate of drug-likeness (QED) is 0.790. The molecule has 2 heterocycles. The Morgan fingerprint density at radius 1 is 1.22 bits per heavy atom. The number of benzene rings is 2. The summed E-state index contributed by atoms with van der Waals surface area (Å²) >= 11 is 0. The number of imidazole rings is 1. The van der Waals surface area contributed by atoms with Crippen LogP contribution in [0.5, 0.6) is 0 Å². The summed E-state index contributed by atoms with van der Waals surface area (Å²) in [5.41, 5.74) is 3.04. The van der Waals surface area contributed by atoms with Gasteiger partial charge in [-0.1, -0.05) is 36.4 Å². The number of carbonyl (C=O) groups excluding carboxylic acids is 1. The normalized spacial score (nSPS) is 13.8. The van der Waals surface area contributed by atoms with E-state index in [9.17, 15) is 4.79 Å². The van der Waals surface area contributed by atoms with Gasteiger partial charge in [0, 0.05) is 13.0 Å². The first kappa shape index (κ1) is 13.8. The highest BCUT2D eigenvalue weighted by molar-refractivity contribution is 5.83. The van der Waals surface area contributed by atoms with E-state index in [0.717, 1.165) is 28.8 Å². The van der Waals surface area contributed by atoms with Crippen LogP contribution >= 0.6 is 0 Å². The molecule has 1 amide bonds. The summed E-state index contributed by atoms with van der Waals surface area (Å²) in [6, 6.07) is 14.3. The molecule has 5 nitrogen and oxygen atoms in total. The van der Waals surface area contributed by atoms with Gasteiger partial charge in [0.2, 0.25) is 0 Å². The number of hydrogen-bond acceptors (Lipinski definition) is 3. The average molecular weight is 307 g/mol. The van der Waals surface area contributed by atoms with E-state index >= 15 is 0 Å². The Morgan fingerprint density at radius 2 is 2.09 bits per heavy atom. The summed E-state index contributed by atoms with van der Waals surface area (Å²) in [5, 5.41) is 2.34. The number of hydrogen-bond donors (Lipinski definition) is 1. The van der Waals surface area contributed by atoms with Crippen LogP contribution in [0.15, 0.2) is 48.8 Å². The van der Waals surface area contributed by atoms with Crippen molar-refractivity contribution in [2.45, 2.75) is 19.6 Å². The van der Waals surface area contributed by atoms with Crippen molar-refractivity contribution in [3.05, 3.63) is 65.7 Å². The number of aromatic amines is 1. The van der Waals surface area contributed by atoms with Crippen molar-refractivity contribution in [2.75, 3.05) is 6.54 Å². The molecule has 0 fully saturated rings. The van der Waals surface area contributed by atoms with E-state index in [2.05, 4.69) is 34.2 Å². The zero-order chi connectivity index (χ0) is 15.6. The highest BCUT2D eigenvalue weighted by atomic mass is 16.6. The Morgan fingerprint density at radius 3 is 3.00 bits per heavy atom. The second-order valence-electron chi connectivity index (χ2n) is 5.74. The van der Waals surface area contributed by atoms with Gasteiger partial charge in [-0.05, 0) is 22.4 Å². The van der Waals surface area contributed by atoms with Crippen LogP contribution in [0.2, 0.25) is 0 Å². The standard InChI is InChI=1S/C18H17N3O2/c22-18(21-8-7-16-17(10-21)20-12-19-16)23-11-13-5-6-14-3-1-2-4-15(14)9-13/h1-6,9,12H,7-8,10-11H2,(H,19,20). The monoisotopic (exact) mass is 307 g/mol. The van der Waals surface area contributed by atoms with Gasteiger partial charge in [0.1, 0.15) is 6.61 Å². The van der Waals surface area contributed by atoms with Gasteiger partial charge in [0.05, 0.1) is 24.3 Å². The molecule has 0 saturated carbocycles. The molecule has 23 heavy (non-hydrogen) atoms. The highest BCUT2D eigenvalue weighted by Crippen LogP contribution is 2.18. The van der Waals surface area contributed by atoms with E-state index in [1.54, 1.807) is 11.2 Å². The molecular formula is C18H17N3O2. The number of carbonyl (C=O) groups is 1. The predicted octanol–water partition coefficient (Wildman–Crippen LogP) is 3.26. The van der Waals surface area contributed by atoms with E-state index in [4.69, 9.17) is 4.74 Å². The molecule has 1 aliphatic rings. The molecule has 3 aromatic rings. The second-order valence-corrected chi connectivity index (χ2v) is 5.74. The molecule has 1 N–H and O–H groups in total. The summed E-state index contributed by atoms with van der Waals surface area (Å²) < 4.78 is 5.46. The van der Waals surface area contributed by atoms with Gasteiger partial charge in [0.25, 0.3) is 0 Å². The van der Waals surface area contributed by atoms with Gasteiger partial charge in [-0.2, -0.15) is 0 Å². The minimum Gasteiger partial charge on any atom is -0.445 e. The van der Waals surface area contributed by atoms with Crippen LogP contribution in [0.25, 0.3) is 10.8 Å². The summed E-state index contributed by atoms with van der Waals surface area (Å²) in [4.78, 5) is 21.3. The molecule has 116 valence electrons. The summed E-state index contributed by atoms with van der Waals surface area (Å²) in [6.07, 6.45) is 2.16. The molecule has 1 aromatic heterocycles. The van der Waals surface area contributed by atoms with Crippen molar-refractivity contribution in [2.24, 2.45) is 0 Å². The smallest absolute Gasteiger partial charge is 0.410 e. The third-order valence-corrected chi connectivity index (χ3v) is 4.21. The average Bonchev–Trinajstić information content (AvgIpc) is 3.07. The number of H-pyrrole nitrogens is 1. The maximum Gasteiger partial charge on any atom is 0.410 e. The SMILES string of the molecule is O=C(OCc1ccc2ccccc2c1)N1CCc2nc[nH]c2C1. The van der Waals surface area contributed by atoms with Gasteiger partial charge in [-0.15, -0.1) is 0 Å². The molecule has 0 radical (unpaired) electrons. The van der Waals surface area contributed by atoms with Crippen molar-refractivity contribution in [3.8, 4) is 0 Å². The molecule has 0 aliphatic carbocycles. The molecule has 4 rings (SSSR count). The second kappa shape index (κ2) is 5.76. The van der Waals surface area contributed by atoms with E-state index in [1.807, 2.05) is 18.2 Å². The van der Waals surface area contributed by atoms with Crippen LogP contribution in [0, 0.1) is 0 Å². The van der Waals surface area contributed by atoms with Crippen LogP contribution in [-0.2, 0) is 24.3 Å². The first-order valence-electron chi connectivity index (χ1n) is 7.70. The Kier molecular flexibility index (Phi) is 3.46. The molecule has 0 unspecified atom stereocenters. The Hall–Kier alpha value is -2.82. The Balaban J connectivity index is 1.41. The van der Waals surface area contributed by atoms with Gasteiger partial charge >= 0.3 is 6.09 Å². The third kappa shape index (κ3) is 2.77. The minimum absolute atomic E-state index is 0.279. The van der Waals surface area contributed by atoms with Crippen LogP contribution in [-0.4, -0.2) is 27.5 Å². The van der Waals surface area contributed by atoms with Gasteiger partial charge in [-0.3, -0.25) is 0 Å². The van der Waals surface area contributed by atoms with Crippen molar-refractivity contribution in [3.63, 3.8) is 0 Å². The number of ether oxygens (including phenoxy) is 1. The zero-order valence-corrected chi connectivity index (χ0v) is 12.7. The zero-order valence-electron chi connectivity index (χ0n) is 12.7. The van der Waals surface area contributed by atoms with E-state index < -0.39 is 0 Å². The minimum atomic E-state index is -0.279. The maximum atomic E-state index is 12.2. The molecule has 0 bridgehead atoms. The van der Waals surface area contributed by atoms with Crippen LogP contribution in [0.1, 0.15) is 17.0 Å². The summed E-state index contributed by atoms with van der Waals surface area (Å²) in [6.45, 7) is 1.47.